The third kappa shape index (κ3) is 7.42. The number of hydrogen-bond donors (Lipinski definition) is 1. The molecule has 230 valence electrons. The summed E-state index contributed by atoms with van der Waals surface area (Å²) < 4.78 is 25.3. The maximum Gasteiger partial charge on any atom is 0.339 e. The molecule has 1 fully saturated rings. The number of ether oxygens (including phenoxy) is 2. The molecule has 1 aliphatic heterocycles. The second-order valence-corrected chi connectivity index (χ2v) is 11.3. The van der Waals surface area contributed by atoms with Gasteiger partial charge in [0.25, 0.3) is 17.0 Å². The number of carbonyl (C=O) groups excluding carboxylic acids is 4. The molecule has 3 aromatic carbocycles. The number of esters is 1. The van der Waals surface area contributed by atoms with Crippen LogP contribution in [-0.4, -0.2) is 51.0 Å². The molecule has 0 spiro atoms. The minimum Gasteiger partial charge on any atom is -0.462 e. The third-order valence-electron chi connectivity index (χ3n) is 6.47. The monoisotopic (exact) mass is 668 g/mol. The molecule has 1 aliphatic rings. The van der Waals surface area contributed by atoms with E-state index in [4.69, 9.17) is 32.7 Å². The van der Waals surface area contributed by atoms with Gasteiger partial charge in [-0.15, -0.1) is 0 Å². The maximum atomic E-state index is 14.4. The van der Waals surface area contributed by atoms with E-state index in [1.54, 1.807) is 24.3 Å². The zero-order valence-corrected chi connectivity index (χ0v) is 25.8. The highest BCUT2D eigenvalue weighted by Crippen LogP contribution is 2.38. The van der Waals surface area contributed by atoms with Gasteiger partial charge >= 0.3 is 5.97 Å². The van der Waals surface area contributed by atoms with E-state index < -0.39 is 41.3 Å². The van der Waals surface area contributed by atoms with E-state index in [9.17, 15) is 23.6 Å². The molecule has 3 amide bonds. The van der Waals surface area contributed by atoms with Crippen molar-refractivity contribution in [3.63, 3.8) is 0 Å². The van der Waals surface area contributed by atoms with Crippen molar-refractivity contribution in [2.24, 2.45) is 0 Å². The molecule has 0 unspecified atom stereocenters. The number of halogens is 3. The van der Waals surface area contributed by atoms with Crippen molar-refractivity contribution < 1.29 is 33.0 Å². The fourth-order valence-electron chi connectivity index (χ4n) is 4.28. The third-order valence-corrected chi connectivity index (χ3v) is 7.89. The van der Waals surface area contributed by atoms with Crippen molar-refractivity contribution in [1.82, 2.24) is 14.9 Å². The minimum absolute atomic E-state index is 0.0128. The molecule has 1 aromatic heterocycles. The van der Waals surface area contributed by atoms with Crippen molar-refractivity contribution in [2.45, 2.75) is 19.8 Å². The molecule has 14 heteroatoms. The van der Waals surface area contributed by atoms with Crippen LogP contribution >= 0.6 is 35.0 Å². The molecule has 0 bridgehead atoms. The number of nitrogens with one attached hydrogen (secondary N) is 1. The summed E-state index contributed by atoms with van der Waals surface area (Å²) in [5.74, 6) is -3.18. The summed E-state index contributed by atoms with van der Waals surface area (Å²) in [6.07, 6.45) is 3.84. The fraction of sp³-hybridized carbons (Fsp3) is 0.161. The molecule has 1 saturated heterocycles. The van der Waals surface area contributed by atoms with E-state index in [1.807, 2.05) is 19.1 Å². The lowest BCUT2D eigenvalue weighted by molar-refractivity contribution is -0.127. The molecular formula is C31H23Cl2FN4O6S. The fourth-order valence-corrected chi connectivity index (χ4v) is 5.42. The number of unbranched alkanes of at least 4 members (excludes halogenated alkanes) is 1. The van der Waals surface area contributed by atoms with Crippen molar-refractivity contribution >= 4 is 80.5 Å². The summed E-state index contributed by atoms with van der Waals surface area (Å²) in [6.45, 7) is 1.60. The van der Waals surface area contributed by atoms with E-state index in [0.29, 0.717) is 29.1 Å². The SMILES string of the molecule is CCCCOC(=O)c1cc(NC(=O)CN2C(=O)S/C(=C/c3c(Oc4nc(Cl)ncc4F)ccc4ccccc34)C2=O)ccc1Cl. The van der Waals surface area contributed by atoms with Crippen molar-refractivity contribution in [3.8, 4) is 11.6 Å². The number of hydrogen-bond acceptors (Lipinski definition) is 9. The van der Waals surface area contributed by atoms with E-state index in [2.05, 4.69) is 15.3 Å². The van der Waals surface area contributed by atoms with Crippen molar-refractivity contribution in [2.75, 3.05) is 18.5 Å². The van der Waals surface area contributed by atoms with Gasteiger partial charge in [0.05, 0.1) is 28.3 Å². The first-order valence-electron chi connectivity index (χ1n) is 13.5. The lowest BCUT2D eigenvalue weighted by atomic mass is 10.0. The van der Waals surface area contributed by atoms with Crippen LogP contribution < -0.4 is 10.1 Å². The number of rotatable bonds is 10. The van der Waals surface area contributed by atoms with Gasteiger partial charge in [0.1, 0.15) is 12.3 Å². The lowest BCUT2D eigenvalue weighted by Gasteiger charge is -2.14. The van der Waals surface area contributed by atoms with Gasteiger partial charge in [-0.2, -0.15) is 9.37 Å². The second kappa shape index (κ2) is 14.1. The Morgan fingerprint density at radius 2 is 1.91 bits per heavy atom. The Labute approximate surface area is 270 Å². The highest BCUT2D eigenvalue weighted by Gasteiger charge is 2.36. The summed E-state index contributed by atoms with van der Waals surface area (Å²) in [5, 5.41) is 3.25. The Morgan fingerprint density at radius 1 is 1.11 bits per heavy atom. The van der Waals surface area contributed by atoms with Crippen LogP contribution in [0.3, 0.4) is 0 Å². The van der Waals surface area contributed by atoms with Crippen LogP contribution in [0.4, 0.5) is 14.9 Å². The van der Waals surface area contributed by atoms with Crippen molar-refractivity contribution in [1.29, 1.82) is 0 Å². The van der Waals surface area contributed by atoms with Crippen LogP contribution in [0, 0.1) is 5.82 Å². The van der Waals surface area contributed by atoms with Crippen LogP contribution in [0.2, 0.25) is 10.3 Å². The standard InChI is InChI=1S/C31H23Cl2FN4O6S/c1-2-3-12-43-29(41)21-13-18(9-10-22(21)32)36-26(39)16-38-28(40)25(45-31(38)42)14-20-19-7-5-4-6-17(19)8-11-24(20)44-27-23(34)15-35-30(33)37-27/h4-11,13-15H,2-3,12,16H2,1H3,(H,36,39)/b25-14+. The molecule has 0 saturated carbocycles. The molecule has 4 aromatic rings. The van der Waals surface area contributed by atoms with E-state index in [1.165, 1.54) is 24.3 Å². The average Bonchev–Trinajstić information content (AvgIpc) is 3.28. The van der Waals surface area contributed by atoms with Gasteiger partial charge in [-0.1, -0.05) is 55.3 Å². The number of imide groups is 1. The average molecular weight is 670 g/mol. The number of fused-ring (bicyclic) bond motifs is 1. The van der Waals surface area contributed by atoms with Gasteiger partial charge in [-0.25, -0.2) is 9.78 Å². The number of anilines is 1. The predicted molar refractivity (Wildman–Crippen MR) is 169 cm³/mol. The van der Waals surface area contributed by atoms with Gasteiger partial charge in [0, 0.05) is 11.3 Å². The molecular weight excluding hydrogens is 646 g/mol. The number of carbonyl (C=O) groups is 4. The zero-order valence-electron chi connectivity index (χ0n) is 23.5. The number of benzene rings is 3. The van der Waals surface area contributed by atoms with Crippen LogP contribution in [0.5, 0.6) is 11.6 Å². The Balaban J connectivity index is 1.36. The molecule has 0 aliphatic carbocycles. The predicted octanol–water partition coefficient (Wildman–Crippen LogP) is 7.50. The Hall–Kier alpha value is -4.52. The van der Waals surface area contributed by atoms with Gasteiger partial charge in [-0.05, 0) is 70.9 Å². The van der Waals surface area contributed by atoms with Gasteiger partial charge in [0.2, 0.25) is 17.0 Å². The number of thioether (sulfide) groups is 1. The number of amides is 3. The van der Waals surface area contributed by atoms with Crippen molar-refractivity contribution in [3.05, 3.63) is 92.9 Å². The van der Waals surface area contributed by atoms with Crippen LogP contribution in [-0.2, 0) is 14.3 Å². The largest absolute Gasteiger partial charge is 0.462 e. The first-order valence-corrected chi connectivity index (χ1v) is 15.1. The quantitative estimate of drug-likeness (QED) is 0.0790. The summed E-state index contributed by atoms with van der Waals surface area (Å²) in [5.41, 5.74) is 0.664. The van der Waals surface area contributed by atoms with E-state index >= 15 is 0 Å². The molecule has 0 atom stereocenters. The first kappa shape index (κ1) is 31.9. The molecule has 45 heavy (non-hydrogen) atoms. The number of aromatic nitrogens is 2. The Morgan fingerprint density at radius 3 is 2.71 bits per heavy atom. The molecule has 2 heterocycles. The molecule has 1 N–H and O–H groups in total. The smallest absolute Gasteiger partial charge is 0.339 e. The Kier molecular flexibility index (Phi) is 9.96. The maximum absolute atomic E-state index is 14.4. The zero-order chi connectivity index (χ0) is 32.1. The van der Waals surface area contributed by atoms with Gasteiger partial charge in [0.15, 0.2) is 0 Å². The molecule has 5 rings (SSSR count). The van der Waals surface area contributed by atoms with E-state index in [-0.39, 0.29) is 38.8 Å². The van der Waals surface area contributed by atoms with Gasteiger partial charge < -0.3 is 14.8 Å². The molecule has 0 radical (unpaired) electrons. The van der Waals surface area contributed by atoms with Crippen LogP contribution in [0.1, 0.15) is 35.7 Å². The van der Waals surface area contributed by atoms with Crippen LogP contribution in [0.15, 0.2) is 65.7 Å². The highest BCUT2D eigenvalue weighted by molar-refractivity contribution is 8.18. The summed E-state index contributed by atoms with van der Waals surface area (Å²) in [6, 6.07) is 14.8. The minimum atomic E-state index is -0.856. The highest BCUT2D eigenvalue weighted by atomic mass is 35.5. The topological polar surface area (TPSA) is 128 Å². The number of nitrogens with zero attached hydrogens (tertiary/aromatic N) is 3. The first-order chi connectivity index (χ1) is 21.6. The normalized spacial score (nSPS) is 13.9. The Bertz CT molecular complexity index is 1870. The lowest BCUT2D eigenvalue weighted by Crippen LogP contribution is -2.36. The summed E-state index contributed by atoms with van der Waals surface area (Å²) in [4.78, 5) is 59.7. The second-order valence-electron chi connectivity index (χ2n) is 9.59. The summed E-state index contributed by atoms with van der Waals surface area (Å²) in [7, 11) is 0. The van der Waals surface area contributed by atoms with E-state index in [0.717, 1.165) is 22.9 Å². The van der Waals surface area contributed by atoms with Crippen LogP contribution in [0.25, 0.3) is 16.8 Å². The molecule has 10 nitrogen and oxygen atoms in total. The van der Waals surface area contributed by atoms with Gasteiger partial charge in [-0.3, -0.25) is 19.3 Å². The summed E-state index contributed by atoms with van der Waals surface area (Å²) >= 11 is 12.6.